The van der Waals surface area contributed by atoms with Crippen molar-refractivity contribution in [2.45, 2.75) is 84.7 Å². The van der Waals surface area contributed by atoms with E-state index in [1.54, 1.807) is 26.8 Å². The van der Waals surface area contributed by atoms with E-state index in [2.05, 4.69) is 6.58 Å². The van der Waals surface area contributed by atoms with Gasteiger partial charge >= 0.3 is 17.9 Å². The molecule has 0 amide bonds. The van der Waals surface area contributed by atoms with E-state index in [-0.39, 0.29) is 17.8 Å². The Balaban J connectivity index is 2.10. The molecule has 8 atom stereocenters. The summed E-state index contributed by atoms with van der Waals surface area (Å²) >= 11 is 0. The van der Waals surface area contributed by atoms with Crippen LogP contribution in [-0.4, -0.2) is 52.7 Å². The van der Waals surface area contributed by atoms with Crippen LogP contribution in [0.1, 0.15) is 60.8 Å². The molecule has 1 N–H and O–H groups in total. The minimum absolute atomic E-state index is 0.0240. The number of ketones is 1. The molecule has 2 aliphatic carbocycles. The lowest BCUT2D eigenvalue weighted by atomic mass is 9.67. The van der Waals surface area contributed by atoms with Crippen molar-refractivity contribution in [3.63, 3.8) is 0 Å². The van der Waals surface area contributed by atoms with E-state index in [0.717, 1.165) is 5.57 Å². The predicted octanol–water partition coefficient (Wildman–Crippen LogP) is 3.23. The van der Waals surface area contributed by atoms with Gasteiger partial charge in [0.15, 0.2) is 5.78 Å². The third kappa shape index (κ3) is 4.85. The summed E-state index contributed by atoms with van der Waals surface area (Å²) in [7, 11) is 0. The second-order valence-electron chi connectivity index (χ2n) is 10.5. The van der Waals surface area contributed by atoms with Gasteiger partial charge in [0.05, 0.1) is 23.4 Å². The second kappa shape index (κ2) is 9.72. The van der Waals surface area contributed by atoms with E-state index in [0.29, 0.717) is 12.8 Å². The van der Waals surface area contributed by atoms with Crippen LogP contribution in [0.4, 0.5) is 0 Å². The molecule has 1 saturated heterocycles. The number of aliphatic hydroxyl groups is 1. The number of ether oxygens (including phenoxy) is 3. The van der Waals surface area contributed by atoms with Gasteiger partial charge in [-0.3, -0.25) is 9.59 Å². The first kappa shape index (κ1) is 26.9. The van der Waals surface area contributed by atoms with Crippen molar-refractivity contribution in [1.82, 2.24) is 0 Å². The Hall–Kier alpha value is -2.74. The highest BCUT2D eigenvalue weighted by molar-refractivity contribution is 5.99. The maximum absolute atomic E-state index is 13.2. The Morgan fingerprint density at radius 3 is 2.54 bits per heavy atom. The summed E-state index contributed by atoms with van der Waals surface area (Å²) in [5, 5.41) is 10.4. The lowest BCUT2D eigenvalue weighted by Gasteiger charge is -2.42. The summed E-state index contributed by atoms with van der Waals surface area (Å²) in [6, 6.07) is 0. The molecule has 8 heteroatoms. The average Bonchev–Trinajstić information content (AvgIpc) is 3.06. The molecule has 3 aliphatic rings. The largest absolute Gasteiger partial charge is 0.457 e. The van der Waals surface area contributed by atoms with E-state index in [9.17, 15) is 24.3 Å². The molecular formula is C27H36O8. The summed E-state index contributed by atoms with van der Waals surface area (Å²) in [6.45, 7) is 14.4. The predicted molar refractivity (Wildman–Crippen MR) is 127 cm³/mol. The maximum Gasteiger partial charge on any atom is 0.334 e. The zero-order chi connectivity index (χ0) is 26.3. The first-order valence-corrected chi connectivity index (χ1v) is 12.2. The third-order valence-corrected chi connectivity index (χ3v) is 7.99. The molecule has 3 rings (SSSR count). The summed E-state index contributed by atoms with van der Waals surface area (Å²) in [4.78, 5) is 51.8. The lowest BCUT2D eigenvalue weighted by molar-refractivity contribution is -0.190. The summed E-state index contributed by atoms with van der Waals surface area (Å²) in [6.07, 6.45) is 2.25. The fourth-order valence-electron chi connectivity index (χ4n) is 5.36. The summed E-state index contributed by atoms with van der Waals surface area (Å²) in [5.41, 5.74) is -1.71. The number of allylic oxidation sites excluding steroid dienone is 3. The van der Waals surface area contributed by atoms with Gasteiger partial charge in [0.2, 0.25) is 0 Å². The molecule has 1 saturated carbocycles. The second-order valence-corrected chi connectivity index (χ2v) is 10.5. The molecule has 0 unspecified atom stereocenters. The highest BCUT2D eigenvalue weighted by atomic mass is 16.6. The van der Waals surface area contributed by atoms with Crippen LogP contribution in [0, 0.1) is 23.2 Å². The molecule has 35 heavy (non-hydrogen) atoms. The van der Waals surface area contributed by atoms with Crippen molar-refractivity contribution < 1.29 is 38.5 Å². The molecule has 0 aromatic rings. The van der Waals surface area contributed by atoms with Gasteiger partial charge < -0.3 is 19.3 Å². The first-order valence-electron chi connectivity index (χ1n) is 12.2. The topological polar surface area (TPSA) is 116 Å². The van der Waals surface area contributed by atoms with Crippen molar-refractivity contribution >= 4 is 23.7 Å². The van der Waals surface area contributed by atoms with Gasteiger partial charge in [-0.25, -0.2) is 9.59 Å². The van der Waals surface area contributed by atoms with Gasteiger partial charge in [0.1, 0.15) is 18.3 Å². The van der Waals surface area contributed by atoms with Crippen LogP contribution in [0.5, 0.6) is 0 Å². The summed E-state index contributed by atoms with van der Waals surface area (Å²) in [5.74, 6) is -4.10. The number of hydrogen-bond donors (Lipinski definition) is 1. The molecule has 1 heterocycles. The molecule has 1 aliphatic heterocycles. The van der Waals surface area contributed by atoms with Gasteiger partial charge in [-0.15, -0.1) is 0 Å². The lowest BCUT2D eigenvalue weighted by Crippen LogP contribution is -2.55. The van der Waals surface area contributed by atoms with E-state index < -0.39 is 65.0 Å². The van der Waals surface area contributed by atoms with Crippen molar-refractivity contribution in [2.75, 3.05) is 0 Å². The molecule has 0 radical (unpaired) electrons. The van der Waals surface area contributed by atoms with E-state index in [1.807, 2.05) is 13.8 Å². The van der Waals surface area contributed by atoms with Gasteiger partial charge in [-0.2, -0.15) is 0 Å². The SMILES string of the molecule is C=C1C(=O)O[C@@H]2[C@@H](C)[C@@H]3C=CC(=O)[C@@]3(C)[C@@H](OC(=O)/C=C(\C)CC)[C@H]1[C@@H]2OC(=O)C[C@](C)(O)CC. The number of carbonyl (C=O) groups is 4. The minimum atomic E-state index is -1.27. The Bertz CT molecular complexity index is 989. The Kier molecular flexibility index (Phi) is 7.46. The zero-order valence-corrected chi connectivity index (χ0v) is 21.3. The Labute approximate surface area is 206 Å². The van der Waals surface area contributed by atoms with Crippen molar-refractivity contribution in [1.29, 1.82) is 0 Å². The zero-order valence-electron chi connectivity index (χ0n) is 21.3. The molecule has 8 nitrogen and oxygen atoms in total. The normalized spacial score (nSPS) is 36.1. The fourth-order valence-corrected chi connectivity index (χ4v) is 5.36. The molecule has 0 aromatic heterocycles. The monoisotopic (exact) mass is 488 g/mol. The van der Waals surface area contributed by atoms with Crippen LogP contribution in [0.25, 0.3) is 0 Å². The Morgan fingerprint density at radius 2 is 1.94 bits per heavy atom. The highest BCUT2D eigenvalue weighted by Gasteiger charge is 2.65. The highest BCUT2D eigenvalue weighted by Crippen LogP contribution is 2.55. The third-order valence-electron chi connectivity index (χ3n) is 7.99. The minimum Gasteiger partial charge on any atom is -0.457 e. The van der Waals surface area contributed by atoms with Gasteiger partial charge in [0.25, 0.3) is 0 Å². The van der Waals surface area contributed by atoms with Crippen LogP contribution >= 0.6 is 0 Å². The standard InChI is InChI=1S/C27H36O8/c1-8-14(3)12-19(29)34-24-21-16(5)25(31)35-22(15(4)17-10-11-18(28)27(17,24)7)23(21)33-20(30)13-26(6,32)9-2/h10-12,15,17,21-24,32H,5,8-9,13H2,1-4,6-7H3/b14-12+/t15-,17-,21+,22+,23-,24-,26+,27-/m0/s1. The first-order chi connectivity index (χ1) is 16.3. The number of carbonyl (C=O) groups excluding carboxylic acids is 4. The van der Waals surface area contributed by atoms with Crippen molar-refractivity contribution in [2.24, 2.45) is 23.2 Å². The average molecular weight is 489 g/mol. The van der Waals surface area contributed by atoms with Gasteiger partial charge in [-0.1, -0.05) is 39.0 Å². The van der Waals surface area contributed by atoms with Gasteiger partial charge in [-0.05, 0) is 45.6 Å². The molecule has 192 valence electrons. The van der Waals surface area contributed by atoms with Crippen molar-refractivity contribution in [3.05, 3.63) is 36.0 Å². The number of hydrogen-bond acceptors (Lipinski definition) is 8. The number of rotatable bonds is 7. The molecular weight excluding hydrogens is 452 g/mol. The molecule has 2 bridgehead atoms. The quantitative estimate of drug-likeness (QED) is 0.330. The molecule has 0 spiro atoms. The molecule has 2 fully saturated rings. The van der Waals surface area contributed by atoms with Crippen LogP contribution in [-0.2, 0) is 33.4 Å². The summed E-state index contributed by atoms with van der Waals surface area (Å²) < 4.78 is 17.5. The van der Waals surface area contributed by atoms with Crippen LogP contribution in [0.2, 0.25) is 0 Å². The van der Waals surface area contributed by atoms with Gasteiger partial charge in [0, 0.05) is 17.6 Å². The fraction of sp³-hybridized carbons (Fsp3) is 0.630. The molecule has 0 aromatic carbocycles. The number of esters is 3. The van der Waals surface area contributed by atoms with Crippen molar-refractivity contribution in [3.8, 4) is 0 Å². The van der Waals surface area contributed by atoms with Crippen LogP contribution in [0.15, 0.2) is 36.0 Å². The smallest absolute Gasteiger partial charge is 0.334 e. The van der Waals surface area contributed by atoms with Crippen LogP contribution < -0.4 is 0 Å². The van der Waals surface area contributed by atoms with Crippen LogP contribution in [0.3, 0.4) is 0 Å². The number of fused-ring (bicyclic) bond motifs is 3. The van der Waals surface area contributed by atoms with E-state index >= 15 is 0 Å². The Morgan fingerprint density at radius 1 is 1.29 bits per heavy atom. The van der Waals surface area contributed by atoms with E-state index in [4.69, 9.17) is 14.2 Å². The maximum atomic E-state index is 13.2. The van der Waals surface area contributed by atoms with E-state index in [1.165, 1.54) is 19.1 Å².